The van der Waals surface area contributed by atoms with E-state index in [9.17, 15) is 4.79 Å². The van der Waals surface area contributed by atoms with E-state index in [-0.39, 0.29) is 5.92 Å². The molecule has 6 heteroatoms. The smallest absolute Gasteiger partial charge is 0.226 e. The first-order chi connectivity index (χ1) is 12.2. The summed E-state index contributed by atoms with van der Waals surface area (Å²) in [5.74, 6) is 1.44. The Morgan fingerprint density at radius 3 is 2.92 bits per heavy atom. The van der Waals surface area contributed by atoms with Gasteiger partial charge in [-0.2, -0.15) is 5.10 Å². The number of carbonyl (C=O) groups is 1. The number of aryl methyl sites for hydroxylation is 1. The van der Waals surface area contributed by atoms with Gasteiger partial charge in [0.2, 0.25) is 5.91 Å². The van der Waals surface area contributed by atoms with Crippen molar-refractivity contribution in [1.82, 2.24) is 19.7 Å². The Balaban J connectivity index is 1.43. The van der Waals surface area contributed by atoms with Crippen molar-refractivity contribution in [3.05, 3.63) is 35.8 Å². The van der Waals surface area contributed by atoms with Crippen LogP contribution in [0.5, 0.6) is 0 Å². The second kappa shape index (κ2) is 5.66. The zero-order valence-corrected chi connectivity index (χ0v) is 14.4. The molecule has 4 heterocycles. The monoisotopic (exact) mass is 338 g/mol. The van der Waals surface area contributed by atoms with Crippen molar-refractivity contribution in [2.75, 3.05) is 19.8 Å². The minimum Gasteiger partial charge on any atom is -0.381 e. The molecular formula is C19H22N4O2. The summed E-state index contributed by atoms with van der Waals surface area (Å²) >= 11 is 0. The molecule has 0 spiro atoms. The van der Waals surface area contributed by atoms with Crippen molar-refractivity contribution >= 4 is 5.91 Å². The van der Waals surface area contributed by atoms with Gasteiger partial charge in [-0.15, -0.1) is 0 Å². The molecule has 3 aliphatic rings. The van der Waals surface area contributed by atoms with Gasteiger partial charge in [-0.25, -0.2) is 0 Å². The molecule has 0 aromatic carbocycles. The van der Waals surface area contributed by atoms with Crippen LogP contribution in [0.3, 0.4) is 0 Å². The van der Waals surface area contributed by atoms with Crippen LogP contribution in [0.1, 0.15) is 17.7 Å². The maximum Gasteiger partial charge on any atom is 0.226 e. The number of nitrogens with zero attached hydrogens (tertiary/aromatic N) is 4. The Kier molecular flexibility index (Phi) is 3.41. The Hall–Kier alpha value is -2.21. The number of aromatic nitrogens is 3. The topological polar surface area (TPSA) is 60.2 Å². The van der Waals surface area contributed by atoms with Crippen molar-refractivity contribution < 1.29 is 9.53 Å². The average molecular weight is 338 g/mol. The van der Waals surface area contributed by atoms with E-state index in [1.165, 1.54) is 5.56 Å². The molecule has 0 bridgehead atoms. The summed E-state index contributed by atoms with van der Waals surface area (Å²) in [5.41, 5.74) is 4.49. The van der Waals surface area contributed by atoms with E-state index >= 15 is 0 Å². The Labute approximate surface area is 146 Å². The molecule has 3 atom stereocenters. The fourth-order valence-electron chi connectivity index (χ4n) is 4.51. The molecule has 2 aromatic rings. The summed E-state index contributed by atoms with van der Waals surface area (Å²) in [6, 6.07) is 3.99. The predicted octanol–water partition coefficient (Wildman–Crippen LogP) is 1.65. The minimum atomic E-state index is 0.196. The molecule has 2 fully saturated rings. The highest BCUT2D eigenvalue weighted by Crippen LogP contribution is 2.51. The molecule has 25 heavy (non-hydrogen) atoms. The lowest BCUT2D eigenvalue weighted by molar-refractivity contribution is -0.134. The van der Waals surface area contributed by atoms with Crippen LogP contribution in [-0.2, 0) is 29.5 Å². The van der Waals surface area contributed by atoms with Gasteiger partial charge in [0.05, 0.1) is 31.1 Å². The van der Waals surface area contributed by atoms with E-state index in [1.807, 2.05) is 28.9 Å². The summed E-state index contributed by atoms with van der Waals surface area (Å²) < 4.78 is 7.38. The van der Waals surface area contributed by atoms with Crippen LogP contribution >= 0.6 is 0 Å². The van der Waals surface area contributed by atoms with Crippen LogP contribution in [0.15, 0.2) is 24.5 Å². The van der Waals surface area contributed by atoms with E-state index in [0.29, 0.717) is 24.3 Å². The number of amides is 1. The van der Waals surface area contributed by atoms with Crippen LogP contribution in [0.4, 0.5) is 0 Å². The number of carbonyl (C=O) groups excluding carboxylic acids is 1. The molecular weight excluding hydrogens is 316 g/mol. The fraction of sp³-hybridized carbons (Fsp3) is 0.526. The van der Waals surface area contributed by atoms with Crippen LogP contribution in [0.2, 0.25) is 0 Å². The Morgan fingerprint density at radius 2 is 2.16 bits per heavy atom. The first kappa shape index (κ1) is 15.1. The predicted molar refractivity (Wildman–Crippen MR) is 91.5 cm³/mol. The lowest BCUT2D eigenvalue weighted by Crippen LogP contribution is -2.34. The van der Waals surface area contributed by atoms with Gasteiger partial charge in [0, 0.05) is 43.0 Å². The van der Waals surface area contributed by atoms with Crippen molar-refractivity contribution in [2.45, 2.75) is 19.4 Å². The highest BCUT2D eigenvalue weighted by atomic mass is 16.5. The molecule has 2 aliphatic heterocycles. The molecule has 1 saturated heterocycles. The van der Waals surface area contributed by atoms with E-state index in [2.05, 4.69) is 11.1 Å². The third-order valence-corrected chi connectivity index (χ3v) is 5.95. The van der Waals surface area contributed by atoms with Gasteiger partial charge in [0.25, 0.3) is 0 Å². The van der Waals surface area contributed by atoms with Gasteiger partial charge in [0.15, 0.2) is 0 Å². The molecule has 130 valence electrons. The second-order valence-corrected chi connectivity index (χ2v) is 7.39. The first-order valence-corrected chi connectivity index (χ1v) is 9.05. The zero-order valence-electron chi connectivity index (χ0n) is 14.4. The van der Waals surface area contributed by atoms with E-state index in [1.54, 1.807) is 6.20 Å². The summed E-state index contributed by atoms with van der Waals surface area (Å²) in [5, 5.41) is 4.73. The molecule has 1 saturated carbocycles. The molecule has 0 N–H and O–H groups in total. The van der Waals surface area contributed by atoms with E-state index in [0.717, 1.165) is 49.6 Å². The summed E-state index contributed by atoms with van der Waals surface area (Å²) in [7, 11) is 1.98. The van der Waals surface area contributed by atoms with Crippen LogP contribution in [0.25, 0.3) is 11.3 Å². The average Bonchev–Trinajstić information content (AvgIpc) is 3.07. The van der Waals surface area contributed by atoms with Crippen molar-refractivity contribution in [2.24, 2.45) is 24.8 Å². The largest absolute Gasteiger partial charge is 0.381 e. The van der Waals surface area contributed by atoms with Gasteiger partial charge >= 0.3 is 0 Å². The molecule has 5 rings (SSSR count). The number of ether oxygens (including phenoxy) is 1. The number of hydrogen-bond acceptors (Lipinski definition) is 4. The third kappa shape index (κ3) is 2.39. The molecule has 0 radical (unpaired) electrons. The molecule has 1 aliphatic carbocycles. The first-order valence-electron chi connectivity index (χ1n) is 9.05. The molecule has 1 unspecified atom stereocenters. The second-order valence-electron chi connectivity index (χ2n) is 7.39. The highest BCUT2D eigenvalue weighted by Gasteiger charge is 2.58. The Morgan fingerprint density at radius 1 is 1.32 bits per heavy atom. The molecule has 2 aromatic heterocycles. The van der Waals surface area contributed by atoms with Crippen LogP contribution in [0, 0.1) is 17.8 Å². The molecule has 6 nitrogen and oxygen atoms in total. The van der Waals surface area contributed by atoms with Gasteiger partial charge in [-0.05, 0) is 36.8 Å². The third-order valence-electron chi connectivity index (χ3n) is 5.95. The Bertz CT molecular complexity index is 806. The zero-order chi connectivity index (χ0) is 17.0. The summed E-state index contributed by atoms with van der Waals surface area (Å²) in [6.07, 6.45) is 5.58. The van der Waals surface area contributed by atoms with Crippen molar-refractivity contribution in [1.29, 1.82) is 0 Å². The highest BCUT2D eigenvalue weighted by molar-refractivity contribution is 5.82. The molecule has 1 amide bonds. The van der Waals surface area contributed by atoms with Crippen molar-refractivity contribution in [3.63, 3.8) is 0 Å². The number of hydrogen-bond donors (Lipinski definition) is 0. The maximum atomic E-state index is 13.0. The van der Waals surface area contributed by atoms with E-state index < -0.39 is 0 Å². The summed E-state index contributed by atoms with van der Waals surface area (Å²) in [4.78, 5) is 19.2. The van der Waals surface area contributed by atoms with Gasteiger partial charge < -0.3 is 9.64 Å². The summed E-state index contributed by atoms with van der Waals surface area (Å²) in [6.45, 7) is 3.01. The normalized spacial score (nSPS) is 27.6. The quantitative estimate of drug-likeness (QED) is 0.835. The maximum absolute atomic E-state index is 13.0. The number of pyridine rings is 1. The standard InChI is InChI=1S/C19H22N4O2/c1-22-16-9-23(19(24)17-14-10-25-11-15(14)17)7-3-5-13(16)18(21-22)12-4-2-6-20-8-12/h2,4,6,8,14-15,17H,3,5,7,9-11H2,1H3/t14-,15+,17?. The van der Waals surface area contributed by atoms with E-state index in [4.69, 9.17) is 9.84 Å². The van der Waals surface area contributed by atoms with Gasteiger partial charge in [-0.3, -0.25) is 14.5 Å². The minimum absolute atomic E-state index is 0.196. The van der Waals surface area contributed by atoms with Crippen molar-refractivity contribution in [3.8, 4) is 11.3 Å². The van der Waals surface area contributed by atoms with Crippen LogP contribution < -0.4 is 0 Å². The van der Waals surface area contributed by atoms with Crippen LogP contribution in [-0.4, -0.2) is 45.3 Å². The van der Waals surface area contributed by atoms with Gasteiger partial charge in [0.1, 0.15) is 0 Å². The number of rotatable bonds is 2. The van der Waals surface area contributed by atoms with Gasteiger partial charge in [-0.1, -0.05) is 0 Å². The SMILES string of the molecule is Cn1nc(-c2cccnc2)c2c1CN(C(=O)C1[C@H]3COC[C@@H]13)CCC2. The number of fused-ring (bicyclic) bond motifs is 2. The lowest BCUT2D eigenvalue weighted by Gasteiger charge is -2.22. The fourth-order valence-corrected chi connectivity index (χ4v) is 4.51. The lowest BCUT2D eigenvalue weighted by atomic mass is 10.0.